The molecule has 4 nitrogen and oxygen atoms in total. The quantitative estimate of drug-likeness (QED) is 0.567. The van der Waals surface area contributed by atoms with E-state index in [1.165, 1.54) is 0 Å². The third-order valence-electron chi connectivity index (χ3n) is 1.74. The van der Waals surface area contributed by atoms with E-state index in [0.717, 1.165) is 19.4 Å². The molecule has 4 heteroatoms. The number of nitrogens with one attached hydrogen (secondary N) is 1. The van der Waals surface area contributed by atoms with Gasteiger partial charge in [0, 0.05) is 13.2 Å². The average molecular weight is 158 g/mol. The largest absolute Gasteiger partial charge is 0.376 e. The molecule has 1 aliphatic heterocycles. The highest BCUT2D eigenvalue weighted by molar-refractivity contribution is 5.77. The number of nitrogens with two attached hydrogens (primary N) is 1. The van der Waals surface area contributed by atoms with Crippen LogP contribution in [0.2, 0.25) is 0 Å². The number of carbonyl (C=O) groups excluding carboxylic acids is 1. The van der Waals surface area contributed by atoms with Crippen molar-refractivity contribution in [1.82, 2.24) is 5.32 Å². The minimum atomic E-state index is -0.111. The second kappa shape index (κ2) is 4.31. The van der Waals surface area contributed by atoms with Crippen molar-refractivity contribution >= 4 is 5.91 Å². The van der Waals surface area contributed by atoms with Crippen molar-refractivity contribution in [3.05, 3.63) is 0 Å². The van der Waals surface area contributed by atoms with Gasteiger partial charge in [-0.15, -0.1) is 0 Å². The first-order valence-corrected chi connectivity index (χ1v) is 3.91. The summed E-state index contributed by atoms with van der Waals surface area (Å²) in [5, 5.41) is 2.69. The van der Waals surface area contributed by atoms with Crippen molar-refractivity contribution in [2.45, 2.75) is 18.9 Å². The zero-order valence-corrected chi connectivity index (χ0v) is 6.51. The minimum absolute atomic E-state index is 0.0622. The van der Waals surface area contributed by atoms with Gasteiger partial charge in [0.2, 0.25) is 5.91 Å². The first-order valence-electron chi connectivity index (χ1n) is 3.91. The molecule has 0 aromatic rings. The molecular formula is C7H14N2O2. The van der Waals surface area contributed by atoms with Crippen molar-refractivity contribution in [2.24, 2.45) is 5.73 Å². The fourth-order valence-corrected chi connectivity index (χ4v) is 1.11. The van der Waals surface area contributed by atoms with Crippen LogP contribution in [0.4, 0.5) is 0 Å². The van der Waals surface area contributed by atoms with Gasteiger partial charge in [-0.3, -0.25) is 4.79 Å². The Hall–Kier alpha value is -0.610. The third kappa shape index (κ3) is 2.86. The molecule has 0 radical (unpaired) electrons. The molecule has 64 valence electrons. The van der Waals surface area contributed by atoms with Crippen molar-refractivity contribution < 1.29 is 9.53 Å². The average Bonchev–Trinajstić information content (AvgIpc) is 2.52. The molecule has 3 N–H and O–H groups in total. The molecule has 1 saturated heterocycles. The van der Waals surface area contributed by atoms with E-state index in [9.17, 15) is 4.79 Å². The van der Waals surface area contributed by atoms with Gasteiger partial charge in [-0.25, -0.2) is 0 Å². The maximum atomic E-state index is 10.7. The Morgan fingerprint density at radius 2 is 2.55 bits per heavy atom. The van der Waals surface area contributed by atoms with E-state index in [1.54, 1.807) is 0 Å². The summed E-state index contributed by atoms with van der Waals surface area (Å²) in [6, 6.07) is 0. The molecule has 1 fully saturated rings. The summed E-state index contributed by atoms with van der Waals surface area (Å²) < 4.78 is 5.29. The SMILES string of the molecule is NCC(=O)NC[C@@H]1CCCO1. The molecule has 1 aliphatic rings. The predicted molar refractivity (Wildman–Crippen MR) is 41.0 cm³/mol. The molecule has 1 atom stereocenters. The van der Waals surface area contributed by atoms with E-state index in [-0.39, 0.29) is 18.6 Å². The minimum Gasteiger partial charge on any atom is -0.376 e. The van der Waals surface area contributed by atoms with Gasteiger partial charge in [0.15, 0.2) is 0 Å². The molecule has 0 bridgehead atoms. The van der Waals surface area contributed by atoms with Gasteiger partial charge in [0.25, 0.3) is 0 Å². The summed E-state index contributed by atoms with van der Waals surface area (Å²) in [7, 11) is 0. The molecule has 1 amide bonds. The second-order valence-corrected chi connectivity index (χ2v) is 2.64. The van der Waals surface area contributed by atoms with Crippen LogP contribution in [0.1, 0.15) is 12.8 Å². The van der Waals surface area contributed by atoms with Gasteiger partial charge >= 0.3 is 0 Å². The Morgan fingerprint density at radius 3 is 3.09 bits per heavy atom. The van der Waals surface area contributed by atoms with E-state index in [1.807, 2.05) is 0 Å². The van der Waals surface area contributed by atoms with Crippen LogP contribution in [0, 0.1) is 0 Å². The van der Waals surface area contributed by atoms with E-state index >= 15 is 0 Å². The molecule has 11 heavy (non-hydrogen) atoms. The van der Waals surface area contributed by atoms with Crippen molar-refractivity contribution in [1.29, 1.82) is 0 Å². The van der Waals surface area contributed by atoms with Crippen molar-refractivity contribution in [3.63, 3.8) is 0 Å². The molecule has 0 saturated carbocycles. The molecule has 0 aromatic carbocycles. The number of carbonyl (C=O) groups is 1. The van der Waals surface area contributed by atoms with Gasteiger partial charge in [0.05, 0.1) is 12.6 Å². The fraction of sp³-hybridized carbons (Fsp3) is 0.857. The number of rotatable bonds is 3. The lowest BCUT2D eigenvalue weighted by Gasteiger charge is -2.09. The van der Waals surface area contributed by atoms with Crippen LogP contribution in [0.5, 0.6) is 0 Å². The summed E-state index contributed by atoms with van der Waals surface area (Å²) in [5.41, 5.74) is 5.10. The van der Waals surface area contributed by atoms with Crippen LogP contribution >= 0.6 is 0 Å². The highest BCUT2D eigenvalue weighted by atomic mass is 16.5. The standard InChI is InChI=1S/C7H14N2O2/c8-4-7(10)9-5-6-2-1-3-11-6/h6H,1-5,8H2,(H,9,10)/t6-/m0/s1. The van der Waals surface area contributed by atoms with Gasteiger partial charge in [-0.2, -0.15) is 0 Å². The molecule has 0 aromatic heterocycles. The molecule has 0 aliphatic carbocycles. The molecule has 0 spiro atoms. The van der Waals surface area contributed by atoms with Crippen LogP contribution in [-0.2, 0) is 9.53 Å². The summed E-state index contributed by atoms with van der Waals surface area (Å²) in [6.07, 6.45) is 2.36. The Morgan fingerprint density at radius 1 is 1.73 bits per heavy atom. The maximum Gasteiger partial charge on any atom is 0.233 e. The fourth-order valence-electron chi connectivity index (χ4n) is 1.11. The zero-order chi connectivity index (χ0) is 8.10. The topological polar surface area (TPSA) is 64.4 Å². The Balaban J connectivity index is 2.06. The van der Waals surface area contributed by atoms with Gasteiger partial charge in [0.1, 0.15) is 0 Å². The first kappa shape index (κ1) is 8.49. The van der Waals surface area contributed by atoms with Crippen LogP contribution < -0.4 is 11.1 Å². The Bertz CT molecular complexity index is 132. The van der Waals surface area contributed by atoms with Crippen LogP contribution in [0.15, 0.2) is 0 Å². The van der Waals surface area contributed by atoms with Crippen LogP contribution in [0.25, 0.3) is 0 Å². The number of amides is 1. The summed E-state index contributed by atoms with van der Waals surface area (Å²) in [5.74, 6) is -0.111. The first-order chi connectivity index (χ1) is 5.33. The van der Waals surface area contributed by atoms with Gasteiger partial charge in [-0.1, -0.05) is 0 Å². The molecular weight excluding hydrogens is 144 g/mol. The van der Waals surface area contributed by atoms with Crippen molar-refractivity contribution in [3.8, 4) is 0 Å². The smallest absolute Gasteiger partial charge is 0.233 e. The maximum absolute atomic E-state index is 10.7. The molecule has 1 heterocycles. The molecule has 1 rings (SSSR count). The lowest BCUT2D eigenvalue weighted by atomic mass is 10.2. The number of hydrogen-bond acceptors (Lipinski definition) is 3. The van der Waals surface area contributed by atoms with Crippen molar-refractivity contribution in [2.75, 3.05) is 19.7 Å². The van der Waals surface area contributed by atoms with Gasteiger partial charge in [-0.05, 0) is 12.8 Å². The number of ether oxygens (including phenoxy) is 1. The summed E-state index contributed by atoms with van der Waals surface area (Å²) in [4.78, 5) is 10.7. The van der Waals surface area contributed by atoms with Crippen LogP contribution in [-0.4, -0.2) is 31.7 Å². The lowest BCUT2D eigenvalue weighted by Crippen LogP contribution is -2.35. The highest BCUT2D eigenvalue weighted by Gasteiger charge is 2.15. The van der Waals surface area contributed by atoms with Gasteiger partial charge < -0.3 is 15.8 Å². The highest BCUT2D eigenvalue weighted by Crippen LogP contribution is 2.10. The third-order valence-corrected chi connectivity index (χ3v) is 1.74. The lowest BCUT2D eigenvalue weighted by molar-refractivity contribution is -0.120. The summed E-state index contributed by atoms with van der Waals surface area (Å²) >= 11 is 0. The van der Waals surface area contributed by atoms with E-state index < -0.39 is 0 Å². The number of hydrogen-bond donors (Lipinski definition) is 2. The second-order valence-electron chi connectivity index (χ2n) is 2.64. The zero-order valence-electron chi connectivity index (χ0n) is 6.51. The normalized spacial score (nSPS) is 23.5. The van der Waals surface area contributed by atoms with E-state index in [2.05, 4.69) is 5.32 Å². The Labute approximate surface area is 66.1 Å². The monoisotopic (exact) mass is 158 g/mol. The Kier molecular flexibility index (Phi) is 3.32. The predicted octanol–water partition coefficient (Wildman–Crippen LogP) is -0.760. The van der Waals surface area contributed by atoms with Crippen LogP contribution in [0.3, 0.4) is 0 Å². The van der Waals surface area contributed by atoms with E-state index in [4.69, 9.17) is 10.5 Å². The molecule has 0 unspecified atom stereocenters. The summed E-state index contributed by atoms with van der Waals surface area (Å²) in [6.45, 7) is 1.49. The van der Waals surface area contributed by atoms with E-state index in [0.29, 0.717) is 6.54 Å².